The Morgan fingerprint density at radius 1 is 1.27 bits per heavy atom. The third-order valence-corrected chi connectivity index (χ3v) is 5.04. The molecule has 0 aliphatic carbocycles. The van der Waals surface area contributed by atoms with Crippen LogP contribution >= 0.6 is 11.6 Å². The summed E-state index contributed by atoms with van der Waals surface area (Å²) in [5.41, 5.74) is 1.82. The molecule has 7 heteroatoms. The van der Waals surface area contributed by atoms with Crippen LogP contribution in [0.4, 0.5) is 0 Å². The minimum absolute atomic E-state index is 0.0176. The van der Waals surface area contributed by atoms with E-state index in [2.05, 4.69) is 25.8 Å². The second kappa shape index (κ2) is 5.59. The van der Waals surface area contributed by atoms with Crippen molar-refractivity contribution in [3.8, 4) is 5.75 Å². The fourth-order valence-electron chi connectivity index (χ4n) is 1.93. The normalized spacial score (nSPS) is 12.5. The summed E-state index contributed by atoms with van der Waals surface area (Å²) in [7, 11) is -2.45. The Bertz CT molecular complexity index is 805. The summed E-state index contributed by atoms with van der Waals surface area (Å²) >= 11 is 5.93. The van der Waals surface area contributed by atoms with E-state index >= 15 is 0 Å². The average molecular weight is 343 g/mol. The molecule has 5 nitrogen and oxygen atoms in total. The van der Waals surface area contributed by atoms with Gasteiger partial charge in [0.2, 0.25) is 5.03 Å². The first-order chi connectivity index (χ1) is 10.0. The standard InChI is InChI=1S/C15H19ClN2O3S/c1-10-8-11(15(2,3)4)6-7-12(10)21-22(19,20)14-13(16)18(5)9-17-14/h6-9H,1-5H3. The molecule has 2 rings (SSSR count). The smallest absolute Gasteiger partial charge is 0.360 e. The average Bonchev–Trinajstić information content (AvgIpc) is 2.71. The van der Waals surface area contributed by atoms with E-state index in [9.17, 15) is 8.42 Å². The highest BCUT2D eigenvalue weighted by Gasteiger charge is 2.25. The highest BCUT2D eigenvalue weighted by molar-refractivity contribution is 7.87. The molecule has 1 aromatic heterocycles. The molecule has 2 aromatic rings. The van der Waals surface area contributed by atoms with Crippen molar-refractivity contribution in [3.63, 3.8) is 0 Å². The molecule has 0 atom stereocenters. The first-order valence-corrected chi connectivity index (χ1v) is 8.53. The summed E-state index contributed by atoms with van der Waals surface area (Å²) < 4.78 is 31.2. The van der Waals surface area contributed by atoms with Crippen LogP contribution in [0.15, 0.2) is 29.6 Å². The topological polar surface area (TPSA) is 61.2 Å². The lowest BCUT2D eigenvalue weighted by Crippen LogP contribution is -2.14. The molecule has 0 radical (unpaired) electrons. The molecule has 0 aliphatic rings. The van der Waals surface area contributed by atoms with Gasteiger partial charge in [0, 0.05) is 7.05 Å². The molecule has 0 amide bonds. The van der Waals surface area contributed by atoms with Crippen molar-refractivity contribution in [3.05, 3.63) is 40.8 Å². The Labute approximate surface area is 136 Å². The van der Waals surface area contributed by atoms with E-state index in [1.165, 1.54) is 10.9 Å². The molecule has 120 valence electrons. The molecule has 0 saturated carbocycles. The van der Waals surface area contributed by atoms with Crippen LogP contribution in [0, 0.1) is 6.92 Å². The Balaban J connectivity index is 2.37. The number of benzene rings is 1. The van der Waals surface area contributed by atoms with Gasteiger partial charge in [0.05, 0.1) is 6.33 Å². The summed E-state index contributed by atoms with van der Waals surface area (Å²) in [4.78, 5) is 3.79. The van der Waals surface area contributed by atoms with Gasteiger partial charge in [-0.25, -0.2) is 4.98 Å². The molecule has 1 aromatic carbocycles. The van der Waals surface area contributed by atoms with E-state index < -0.39 is 10.1 Å². The van der Waals surface area contributed by atoms with Gasteiger partial charge in [-0.05, 0) is 29.5 Å². The lowest BCUT2D eigenvalue weighted by molar-refractivity contribution is 0.480. The van der Waals surface area contributed by atoms with Crippen molar-refractivity contribution in [2.75, 3.05) is 0 Å². The summed E-state index contributed by atoms with van der Waals surface area (Å²) in [6.07, 6.45) is 1.33. The van der Waals surface area contributed by atoms with Gasteiger partial charge in [-0.15, -0.1) is 0 Å². The molecule has 0 unspecified atom stereocenters. The molecule has 0 spiro atoms. The van der Waals surface area contributed by atoms with Crippen LogP contribution < -0.4 is 4.18 Å². The van der Waals surface area contributed by atoms with Gasteiger partial charge in [-0.2, -0.15) is 8.42 Å². The van der Waals surface area contributed by atoms with Crippen LogP contribution in [0.25, 0.3) is 0 Å². The van der Waals surface area contributed by atoms with Gasteiger partial charge in [-0.3, -0.25) is 0 Å². The molecule has 0 aliphatic heterocycles. The van der Waals surface area contributed by atoms with Crippen molar-refractivity contribution in [2.45, 2.75) is 38.1 Å². The highest BCUT2D eigenvalue weighted by Crippen LogP contribution is 2.30. The Morgan fingerprint density at radius 3 is 2.36 bits per heavy atom. The number of hydrogen-bond acceptors (Lipinski definition) is 4. The number of rotatable bonds is 3. The lowest BCUT2D eigenvalue weighted by atomic mass is 9.86. The van der Waals surface area contributed by atoms with Crippen LogP contribution in [0.3, 0.4) is 0 Å². The van der Waals surface area contributed by atoms with Crippen molar-refractivity contribution in [1.82, 2.24) is 9.55 Å². The molecule has 0 N–H and O–H groups in total. The summed E-state index contributed by atoms with van der Waals surface area (Å²) in [5.74, 6) is 0.273. The van der Waals surface area contributed by atoms with Crippen molar-refractivity contribution in [2.24, 2.45) is 7.05 Å². The maximum atomic E-state index is 12.3. The van der Waals surface area contributed by atoms with Gasteiger partial charge in [-0.1, -0.05) is 44.5 Å². The van der Waals surface area contributed by atoms with Crippen LogP contribution in [-0.4, -0.2) is 18.0 Å². The quantitative estimate of drug-likeness (QED) is 0.801. The fraction of sp³-hybridized carbons (Fsp3) is 0.400. The third kappa shape index (κ3) is 3.28. The summed E-state index contributed by atoms with van der Waals surface area (Å²) in [6, 6.07) is 5.44. The minimum atomic E-state index is -4.06. The molecule has 0 fully saturated rings. The first-order valence-electron chi connectivity index (χ1n) is 6.75. The Morgan fingerprint density at radius 2 is 1.91 bits per heavy atom. The van der Waals surface area contributed by atoms with Gasteiger partial charge in [0.1, 0.15) is 5.75 Å². The number of aryl methyl sites for hydroxylation is 2. The summed E-state index contributed by atoms with van der Waals surface area (Å²) in [5, 5.41) is -0.264. The van der Waals surface area contributed by atoms with E-state index in [4.69, 9.17) is 15.8 Å². The number of imidazole rings is 1. The zero-order valence-electron chi connectivity index (χ0n) is 13.2. The van der Waals surface area contributed by atoms with E-state index in [0.717, 1.165) is 11.1 Å². The van der Waals surface area contributed by atoms with E-state index in [0.29, 0.717) is 0 Å². The number of halogens is 1. The van der Waals surface area contributed by atoms with Crippen LogP contribution in [0.2, 0.25) is 5.15 Å². The second-order valence-corrected chi connectivity index (χ2v) is 8.04. The maximum Gasteiger partial charge on any atom is 0.360 e. The van der Waals surface area contributed by atoms with Crippen molar-refractivity contribution in [1.29, 1.82) is 0 Å². The molecule has 0 bridgehead atoms. The van der Waals surface area contributed by atoms with Crippen LogP contribution in [-0.2, 0) is 22.6 Å². The zero-order valence-corrected chi connectivity index (χ0v) is 14.8. The van der Waals surface area contributed by atoms with Gasteiger partial charge in [0.15, 0.2) is 5.15 Å². The first kappa shape index (κ1) is 16.8. The number of aromatic nitrogens is 2. The van der Waals surface area contributed by atoms with Gasteiger partial charge in [0.25, 0.3) is 0 Å². The van der Waals surface area contributed by atoms with E-state index in [1.807, 2.05) is 12.1 Å². The van der Waals surface area contributed by atoms with Crippen molar-refractivity contribution >= 4 is 21.7 Å². The largest absolute Gasteiger partial charge is 0.378 e. The Kier molecular flexibility index (Phi) is 4.28. The number of nitrogens with zero attached hydrogens (tertiary/aromatic N) is 2. The predicted molar refractivity (Wildman–Crippen MR) is 85.9 cm³/mol. The van der Waals surface area contributed by atoms with E-state index in [1.54, 1.807) is 20.0 Å². The van der Waals surface area contributed by atoms with Gasteiger partial charge < -0.3 is 8.75 Å². The fourth-order valence-corrected chi connectivity index (χ4v) is 3.33. The number of hydrogen-bond donors (Lipinski definition) is 0. The minimum Gasteiger partial charge on any atom is -0.378 e. The molecule has 1 heterocycles. The lowest BCUT2D eigenvalue weighted by Gasteiger charge is -2.20. The molecular weight excluding hydrogens is 324 g/mol. The zero-order chi connectivity index (χ0) is 16.7. The van der Waals surface area contributed by atoms with Crippen LogP contribution in [0.1, 0.15) is 31.9 Å². The van der Waals surface area contributed by atoms with Crippen molar-refractivity contribution < 1.29 is 12.6 Å². The summed E-state index contributed by atoms with van der Waals surface area (Å²) in [6.45, 7) is 8.08. The molecular formula is C15H19ClN2O3S. The Hall–Kier alpha value is -1.53. The second-order valence-electron chi connectivity index (χ2n) is 6.22. The van der Waals surface area contributed by atoms with Crippen LogP contribution in [0.5, 0.6) is 5.75 Å². The van der Waals surface area contributed by atoms with Gasteiger partial charge >= 0.3 is 10.1 Å². The highest BCUT2D eigenvalue weighted by atomic mass is 35.5. The monoisotopic (exact) mass is 342 g/mol. The van der Waals surface area contributed by atoms with E-state index in [-0.39, 0.29) is 21.3 Å². The SMILES string of the molecule is Cc1cc(C(C)(C)C)ccc1OS(=O)(=O)c1ncn(C)c1Cl. The maximum absolute atomic E-state index is 12.3. The molecule has 0 saturated heterocycles. The molecule has 22 heavy (non-hydrogen) atoms. The third-order valence-electron chi connectivity index (χ3n) is 3.31. The predicted octanol–water partition coefficient (Wildman–Crippen LogP) is 3.45.